The zero-order chi connectivity index (χ0) is 12.4. The second-order valence-corrected chi connectivity index (χ2v) is 5.49. The van der Waals surface area contributed by atoms with Crippen LogP contribution in [-0.2, 0) is 11.2 Å². The normalized spacial score (nSPS) is 16.5. The number of carbonyl (C=O) groups is 1. The number of rotatable bonds is 2. The van der Waals surface area contributed by atoms with Crippen LogP contribution >= 0.6 is 11.8 Å². The first-order valence-corrected chi connectivity index (χ1v) is 7.15. The molecule has 92 valence electrons. The minimum absolute atomic E-state index is 0.00220. The van der Waals surface area contributed by atoms with Gasteiger partial charge in [-0.15, -0.1) is 0 Å². The van der Waals surface area contributed by atoms with Gasteiger partial charge in [-0.3, -0.25) is 4.79 Å². The molecule has 0 aromatic heterocycles. The van der Waals surface area contributed by atoms with Crippen molar-refractivity contribution in [3.05, 3.63) is 23.8 Å². The molecule has 0 saturated heterocycles. The van der Waals surface area contributed by atoms with Gasteiger partial charge in [0.25, 0.3) is 0 Å². The monoisotopic (exact) mass is 250 g/mol. The van der Waals surface area contributed by atoms with Gasteiger partial charge in [-0.05, 0) is 43.7 Å². The molecule has 1 aliphatic rings. The zero-order valence-electron chi connectivity index (χ0n) is 10.3. The summed E-state index contributed by atoms with van der Waals surface area (Å²) < 4.78 is 0. The van der Waals surface area contributed by atoms with E-state index in [1.165, 1.54) is 0 Å². The van der Waals surface area contributed by atoms with Gasteiger partial charge in [0.05, 0.1) is 5.25 Å². The molecule has 1 aromatic rings. The highest BCUT2D eigenvalue weighted by atomic mass is 32.2. The fourth-order valence-corrected chi connectivity index (χ4v) is 2.53. The lowest BCUT2D eigenvalue weighted by molar-refractivity contribution is -0.117. The zero-order valence-corrected chi connectivity index (χ0v) is 11.1. The van der Waals surface area contributed by atoms with Crippen LogP contribution in [0.5, 0.6) is 0 Å². The molecular weight excluding hydrogens is 232 g/mol. The molecule has 0 bridgehead atoms. The van der Waals surface area contributed by atoms with Crippen molar-refractivity contribution in [3.8, 4) is 0 Å². The Morgan fingerprint density at radius 2 is 2.29 bits per heavy atom. The SMILES string of the molecule is CSC(C)C(=O)N1CCCc2c(N)cccc21. The van der Waals surface area contributed by atoms with Crippen LogP contribution in [-0.4, -0.2) is 24.0 Å². The van der Waals surface area contributed by atoms with Gasteiger partial charge in [-0.25, -0.2) is 0 Å². The Morgan fingerprint density at radius 1 is 1.53 bits per heavy atom. The predicted molar refractivity (Wildman–Crippen MR) is 74.5 cm³/mol. The molecule has 0 saturated carbocycles. The van der Waals surface area contributed by atoms with E-state index in [4.69, 9.17) is 5.73 Å². The van der Waals surface area contributed by atoms with Crippen molar-refractivity contribution in [2.75, 3.05) is 23.4 Å². The third kappa shape index (κ3) is 2.27. The molecule has 2 rings (SSSR count). The van der Waals surface area contributed by atoms with Crippen LogP contribution in [0.25, 0.3) is 0 Å². The van der Waals surface area contributed by atoms with E-state index >= 15 is 0 Å². The Kier molecular flexibility index (Phi) is 3.62. The maximum atomic E-state index is 12.3. The van der Waals surface area contributed by atoms with Crippen LogP contribution in [0.4, 0.5) is 11.4 Å². The molecule has 1 amide bonds. The lowest BCUT2D eigenvalue weighted by atomic mass is 9.99. The minimum atomic E-state index is 0.00220. The van der Waals surface area contributed by atoms with Crippen molar-refractivity contribution in [2.45, 2.75) is 25.0 Å². The summed E-state index contributed by atoms with van der Waals surface area (Å²) in [5.74, 6) is 0.184. The van der Waals surface area contributed by atoms with Gasteiger partial charge >= 0.3 is 0 Å². The molecular formula is C13H18N2OS. The standard InChI is InChI=1S/C13H18N2OS/c1-9(17-2)13(16)15-8-4-5-10-11(14)6-3-7-12(10)15/h3,6-7,9H,4-5,8,14H2,1-2H3. The molecule has 1 aliphatic heterocycles. The average molecular weight is 250 g/mol. The lowest BCUT2D eigenvalue weighted by Gasteiger charge is -2.31. The molecule has 1 atom stereocenters. The predicted octanol–water partition coefficient (Wildman–Crippen LogP) is 2.30. The number of nitrogen functional groups attached to an aromatic ring is 1. The number of fused-ring (bicyclic) bond motifs is 1. The van der Waals surface area contributed by atoms with E-state index in [-0.39, 0.29) is 11.2 Å². The van der Waals surface area contributed by atoms with Crippen molar-refractivity contribution in [2.24, 2.45) is 0 Å². The highest BCUT2D eigenvalue weighted by Gasteiger charge is 2.26. The van der Waals surface area contributed by atoms with Crippen molar-refractivity contribution in [1.29, 1.82) is 0 Å². The fraction of sp³-hybridized carbons (Fsp3) is 0.462. The molecule has 0 radical (unpaired) electrons. The molecule has 0 fully saturated rings. The number of amides is 1. The summed E-state index contributed by atoms with van der Waals surface area (Å²) in [6.07, 6.45) is 3.93. The topological polar surface area (TPSA) is 46.3 Å². The Labute approximate surface area is 106 Å². The first kappa shape index (κ1) is 12.3. The summed E-state index contributed by atoms with van der Waals surface area (Å²) in [5.41, 5.74) is 8.90. The minimum Gasteiger partial charge on any atom is -0.398 e. The number of anilines is 2. The first-order valence-electron chi connectivity index (χ1n) is 5.86. The molecule has 1 unspecified atom stereocenters. The molecule has 1 heterocycles. The molecule has 2 N–H and O–H groups in total. The number of hydrogen-bond acceptors (Lipinski definition) is 3. The van der Waals surface area contributed by atoms with Crippen molar-refractivity contribution in [1.82, 2.24) is 0 Å². The highest BCUT2D eigenvalue weighted by Crippen LogP contribution is 2.32. The van der Waals surface area contributed by atoms with Crippen LogP contribution < -0.4 is 10.6 Å². The van der Waals surface area contributed by atoms with Gasteiger partial charge in [-0.1, -0.05) is 6.07 Å². The van der Waals surface area contributed by atoms with Gasteiger partial charge in [0.2, 0.25) is 5.91 Å². The van der Waals surface area contributed by atoms with E-state index in [1.54, 1.807) is 11.8 Å². The van der Waals surface area contributed by atoms with E-state index in [1.807, 2.05) is 36.3 Å². The van der Waals surface area contributed by atoms with Gasteiger partial charge in [0.1, 0.15) is 0 Å². The summed E-state index contributed by atoms with van der Waals surface area (Å²) in [7, 11) is 0. The Balaban J connectivity index is 2.35. The third-order valence-electron chi connectivity index (χ3n) is 3.25. The second-order valence-electron chi connectivity index (χ2n) is 4.32. The molecule has 17 heavy (non-hydrogen) atoms. The van der Waals surface area contributed by atoms with Crippen molar-refractivity contribution < 1.29 is 4.79 Å². The largest absolute Gasteiger partial charge is 0.398 e. The number of benzene rings is 1. The lowest BCUT2D eigenvalue weighted by Crippen LogP contribution is -2.40. The number of nitrogens with two attached hydrogens (primary N) is 1. The number of nitrogens with zero attached hydrogens (tertiary/aromatic N) is 1. The molecule has 0 spiro atoms. The Morgan fingerprint density at radius 3 is 3.00 bits per heavy atom. The maximum Gasteiger partial charge on any atom is 0.239 e. The van der Waals surface area contributed by atoms with Crippen molar-refractivity contribution >= 4 is 29.0 Å². The average Bonchev–Trinajstić information content (AvgIpc) is 2.37. The van der Waals surface area contributed by atoms with Gasteiger partial charge in [0, 0.05) is 17.9 Å². The summed E-state index contributed by atoms with van der Waals surface area (Å²) in [4.78, 5) is 14.2. The van der Waals surface area contributed by atoms with Crippen LogP contribution in [0.3, 0.4) is 0 Å². The summed E-state index contributed by atoms with van der Waals surface area (Å²) in [6.45, 7) is 2.76. The Hall–Kier alpha value is -1.16. The smallest absolute Gasteiger partial charge is 0.239 e. The summed E-state index contributed by atoms with van der Waals surface area (Å²) in [5, 5.41) is 0.00220. The third-order valence-corrected chi connectivity index (χ3v) is 4.16. The van der Waals surface area contributed by atoms with Gasteiger partial charge < -0.3 is 10.6 Å². The first-order chi connectivity index (χ1) is 8.15. The molecule has 3 nitrogen and oxygen atoms in total. The summed E-state index contributed by atoms with van der Waals surface area (Å²) >= 11 is 1.58. The Bertz CT molecular complexity index is 433. The molecule has 4 heteroatoms. The number of thioether (sulfide) groups is 1. The second kappa shape index (κ2) is 5.00. The van der Waals surface area contributed by atoms with Crippen molar-refractivity contribution in [3.63, 3.8) is 0 Å². The van der Waals surface area contributed by atoms with Crippen LogP contribution in [0.2, 0.25) is 0 Å². The van der Waals surface area contributed by atoms with Crippen LogP contribution in [0.15, 0.2) is 18.2 Å². The van der Waals surface area contributed by atoms with E-state index in [2.05, 4.69) is 0 Å². The summed E-state index contributed by atoms with van der Waals surface area (Å²) in [6, 6.07) is 5.82. The highest BCUT2D eigenvalue weighted by molar-refractivity contribution is 7.99. The molecule has 1 aromatic carbocycles. The van der Waals surface area contributed by atoms with E-state index in [0.717, 1.165) is 36.3 Å². The van der Waals surface area contributed by atoms with E-state index in [9.17, 15) is 4.79 Å². The van der Waals surface area contributed by atoms with Gasteiger partial charge in [0.15, 0.2) is 0 Å². The number of carbonyl (C=O) groups excluding carboxylic acids is 1. The maximum absolute atomic E-state index is 12.3. The fourth-order valence-electron chi connectivity index (χ4n) is 2.20. The van der Waals surface area contributed by atoms with E-state index < -0.39 is 0 Å². The van der Waals surface area contributed by atoms with E-state index in [0.29, 0.717) is 0 Å². The quantitative estimate of drug-likeness (QED) is 0.819. The van der Waals surface area contributed by atoms with Crippen LogP contribution in [0, 0.1) is 0 Å². The molecule has 0 aliphatic carbocycles. The number of hydrogen-bond donors (Lipinski definition) is 1. The van der Waals surface area contributed by atoms with Gasteiger partial charge in [-0.2, -0.15) is 11.8 Å². The van der Waals surface area contributed by atoms with Crippen LogP contribution in [0.1, 0.15) is 18.9 Å².